The second kappa shape index (κ2) is 6.58. The van der Waals surface area contributed by atoms with Crippen LogP contribution in [-0.2, 0) is 9.59 Å². The van der Waals surface area contributed by atoms with Crippen LogP contribution in [-0.4, -0.2) is 35.3 Å². The zero-order valence-corrected chi connectivity index (χ0v) is 14.3. The lowest BCUT2D eigenvalue weighted by Crippen LogP contribution is -2.39. The highest BCUT2D eigenvalue weighted by Gasteiger charge is 2.40. The number of hydrogen-bond donors (Lipinski definition) is 2. The first-order valence-corrected chi connectivity index (χ1v) is 7.77. The van der Waals surface area contributed by atoms with Crippen molar-refractivity contribution in [2.45, 2.75) is 33.7 Å². The number of nitrogens with one attached hydrogen (secondary N) is 2. The molecule has 1 aromatic rings. The molecular weight excluding hydrogens is 318 g/mol. The van der Waals surface area contributed by atoms with E-state index in [2.05, 4.69) is 10.6 Å². The molecule has 1 fully saturated rings. The Morgan fingerprint density at radius 1 is 1.35 bits per heavy atom. The van der Waals surface area contributed by atoms with Crippen molar-refractivity contribution in [2.24, 2.45) is 5.92 Å². The number of halogens is 1. The Labute approximate surface area is 140 Å². The molecule has 7 heteroatoms. The van der Waals surface area contributed by atoms with Crippen molar-refractivity contribution in [1.29, 1.82) is 0 Å². The van der Waals surface area contributed by atoms with Crippen LogP contribution in [0.2, 0.25) is 5.02 Å². The van der Waals surface area contributed by atoms with Crippen LogP contribution in [0.25, 0.3) is 0 Å². The molecule has 0 saturated carbocycles. The molecule has 0 bridgehead atoms. The molecule has 4 amide bonds. The smallest absolute Gasteiger partial charge is 0.325 e. The lowest BCUT2D eigenvalue weighted by atomic mass is 10.1. The van der Waals surface area contributed by atoms with Crippen LogP contribution in [0.3, 0.4) is 0 Å². The van der Waals surface area contributed by atoms with E-state index in [-0.39, 0.29) is 18.4 Å². The van der Waals surface area contributed by atoms with Gasteiger partial charge in [0.15, 0.2) is 0 Å². The lowest BCUT2D eigenvalue weighted by Gasteiger charge is -2.16. The number of carbonyl (C=O) groups is 3. The number of benzene rings is 1. The third-order valence-electron chi connectivity index (χ3n) is 3.72. The molecule has 1 unspecified atom stereocenters. The predicted molar refractivity (Wildman–Crippen MR) is 88.4 cm³/mol. The first kappa shape index (κ1) is 17.3. The lowest BCUT2D eigenvalue weighted by molar-refractivity contribution is -0.131. The number of rotatable bonds is 4. The van der Waals surface area contributed by atoms with Gasteiger partial charge in [-0.1, -0.05) is 31.5 Å². The Morgan fingerprint density at radius 3 is 2.52 bits per heavy atom. The van der Waals surface area contributed by atoms with Crippen LogP contribution in [0.15, 0.2) is 12.1 Å². The van der Waals surface area contributed by atoms with Crippen molar-refractivity contribution in [3.63, 3.8) is 0 Å². The van der Waals surface area contributed by atoms with Gasteiger partial charge in [-0.3, -0.25) is 14.5 Å². The fourth-order valence-corrected chi connectivity index (χ4v) is 2.91. The van der Waals surface area contributed by atoms with Crippen molar-refractivity contribution in [3.8, 4) is 0 Å². The van der Waals surface area contributed by atoms with Gasteiger partial charge in [-0.25, -0.2) is 4.79 Å². The molecule has 6 nitrogen and oxygen atoms in total. The minimum absolute atomic E-state index is 0.0340. The van der Waals surface area contributed by atoms with Crippen LogP contribution in [0.4, 0.5) is 10.5 Å². The minimum atomic E-state index is -0.583. The Morgan fingerprint density at radius 2 is 2.00 bits per heavy atom. The molecule has 1 heterocycles. The number of imide groups is 1. The highest BCUT2D eigenvalue weighted by Crippen LogP contribution is 2.27. The first-order valence-electron chi connectivity index (χ1n) is 7.39. The van der Waals surface area contributed by atoms with E-state index in [1.807, 2.05) is 33.8 Å². The summed E-state index contributed by atoms with van der Waals surface area (Å²) < 4.78 is 0. The van der Waals surface area contributed by atoms with Gasteiger partial charge < -0.3 is 10.6 Å². The van der Waals surface area contributed by atoms with Gasteiger partial charge in [-0.05, 0) is 37.0 Å². The Bertz CT molecular complexity index is 650. The third-order valence-corrected chi connectivity index (χ3v) is 4.02. The molecule has 1 aromatic carbocycles. The van der Waals surface area contributed by atoms with Gasteiger partial charge in [0.1, 0.15) is 12.6 Å². The SMILES string of the molecule is Cc1cc(C)c(NC(=O)CN2C(=O)NC(C(C)C)C2=O)c(Cl)c1. The molecule has 0 aliphatic carbocycles. The zero-order chi connectivity index (χ0) is 17.3. The third kappa shape index (κ3) is 3.64. The standard InChI is InChI=1S/C16H20ClN3O3/c1-8(2)13-15(22)20(16(23)19-13)7-12(21)18-14-10(4)5-9(3)6-11(14)17/h5-6,8,13H,7H2,1-4H3,(H,18,21)(H,19,23). The highest BCUT2D eigenvalue weighted by molar-refractivity contribution is 6.34. The van der Waals surface area contributed by atoms with Crippen molar-refractivity contribution >= 4 is 35.1 Å². The zero-order valence-electron chi connectivity index (χ0n) is 13.6. The summed E-state index contributed by atoms with van der Waals surface area (Å²) >= 11 is 6.14. The summed E-state index contributed by atoms with van der Waals surface area (Å²) in [6.45, 7) is 7.07. The van der Waals surface area contributed by atoms with Gasteiger partial charge in [-0.2, -0.15) is 0 Å². The number of carbonyl (C=O) groups excluding carboxylic acids is 3. The maximum Gasteiger partial charge on any atom is 0.325 e. The molecule has 2 rings (SSSR count). The van der Waals surface area contributed by atoms with Crippen LogP contribution >= 0.6 is 11.6 Å². The first-order chi connectivity index (χ1) is 10.7. The van der Waals surface area contributed by atoms with Crippen LogP contribution in [0.1, 0.15) is 25.0 Å². The van der Waals surface area contributed by atoms with Gasteiger partial charge >= 0.3 is 6.03 Å². The van der Waals surface area contributed by atoms with E-state index in [4.69, 9.17) is 11.6 Å². The molecule has 1 aliphatic rings. The molecule has 23 heavy (non-hydrogen) atoms. The normalized spacial score (nSPS) is 17.7. The van der Waals surface area contributed by atoms with Crippen LogP contribution in [0, 0.1) is 19.8 Å². The summed E-state index contributed by atoms with van der Waals surface area (Å²) in [6.07, 6.45) is 0. The summed E-state index contributed by atoms with van der Waals surface area (Å²) in [7, 11) is 0. The Hall–Kier alpha value is -2.08. The maximum absolute atomic E-state index is 12.2. The van der Waals surface area contributed by atoms with Gasteiger partial charge in [0.25, 0.3) is 5.91 Å². The minimum Gasteiger partial charge on any atom is -0.326 e. The van der Waals surface area contributed by atoms with Gasteiger partial charge in [-0.15, -0.1) is 0 Å². The number of aryl methyl sites for hydroxylation is 2. The molecule has 1 atom stereocenters. The number of urea groups is 1. The summed E-state index contributed by atoms with van der Waals surface area (Å²) in [5, 5.41) is 5.68. The summed E-state index contributed by atoms with van der Waals surface area (Å²) in [4.78, 5) is 37.1. The fourth-order valence-electron chi connectivity index (χ4n) is 2.54. The second-order valence-corrected chi connectivity index (χ2v) is 6.49. The Balaban J connectivity index is 2.09. The number of hydrogen-bond acceptors (Lipinski definition) is 3. The second-order valence-electron chi connectivity index (χ2n) is 6.08. The van der Waals surface area contributed by atoms with E-state index in [1.165, 1.54) is 0 Å². The van der Waals surface area contributed by atoms with Crippen LogP contribution in [0.5, 0.6) is 0 Å². The van der Waals surface area contributed by atoms with E-state index in [1.54, 1.807) is 6.07 Å². The average molecular weight is 338 g/mol. The maximum atomic E-state index is 12.2. The van der Waals surface area contributed by atoms with E-state index in [0.29, 0.717) is 10.7 Å². The topological polar surface area (TPSA) is 78.5 Å². The van der Waals surface area contributed by atoms with Crippen molar-refractivity contribution in [1.82, 2.24) is 10.2 Å². The van der Waals surface area contributed by atoms with E-state index in [0.717, 1.165) is 16.0 Å². The summed E-state index contributed by atoms with van der Waals surface area (Å²) in [5.74, 6) is -0.882. The summed E-state index contributed by atoms with van der Waals surface area (Å²) in [5.41, 5.74) is 2.30. The molecule has 1 aliphatic heterocycles. The van der Waals surface area contributed by atoms with Crippen molar-refractivity contribution in [2.75, 3.05) is 11.9 Å². The number of anilines is 1. The number of amides is 4. The van der Waals surface area contributed by atoms with E-state index >= 15 is 0 Å². The molecule has 1 saturated heterocycles. The van der Waals surface area contributed by atoms with E-state index < -0.39 is 18.0 Å². The average Bonchev–Trinajstić information content (AvgIpc) is 2.71. The highest BCUT2D eigenvalue weighted by atomic mass is 35.5. The monoisotopic (exact) mass is 337 g/mol. The van der Waals surface area contributed by atoms with Gasteiger partial charge in [0.2, 0.25) is 5.91 Å². The van der Waals surface area contributed by atoms with Gasteiger partial charge in [0.05, 0.1) is 10.7 Å². The Kier molecular flexibility index (Phi) is 4.94. The van der Waals surface area contributed by atoms with Crippen molar-refractivity contribution in [3.05, 3.63) is 28.3 Å². The molecule has 124 valence electrons. The fraction of sp³-hybridized carbons (Fsp3) is 0.438. The van der Waals surface area contributed by atoms with Crippen molar-refractivity contribution < 1.29 is 14.4 Å². The van der Waals surface area contributed by atoms with E-state index in [9.17, 15) is 14.4 Å². The predicted octanol–water partition coefficient (Wildman–Crippen LogP) is 2.47. The number of nitrogens with zero attached hydrogens (tertiary/aromatic N) is 1. The molecule has 2 N–H and O–H groups in total. The largest absolute Gasteiger partial charge is 0.326 e. The molecule has 0 radical (unpaired) electrons. The molecule has 0 aromatic heterocycles. The van der Waals surface area contributed by atoms with Crippen LogP contribution < -0.4 is 10.6 Å². The quantitative estimate of drug-likeness (QED) is 0.828. The van der Waals surface area contributed by atoms with Gasteiger partial charge in [0, 0.05) is 0 Å². The molecule has 0 spiro atoms. The molecular formula is C16H20ClN3O3. The summed E-state index contributed by atoms with van der Waals surface area (Å²) in [6, 6.07) is 2.51.